The van der Waals surface area contributed by atoms with Gasteiger partial charge in [0.25, 0.3) is 0 Å². The van der Waals surface area contributed by atoms with Crippen molar-refractivity contribution in [3.8, 4) is 0 Å². The SMILES string of the molecule is CC(COC(=O)c1cc(N)ccc1N(C)C)C(N)=O. The molecule has 0 saturated carbocycles. The van der Waals surface area contributed by atoms with E-state index in [0.29, 0.717) is 16.9 Å². The molecule has 0 aromatic heterocycles. The first kappa shape index (κ1) is 14.8. The molecule has 1 amide bonds. The molecule has 104 valence electrons. The summed E-state index contributed by atoms with van der Waals surface area (Å²) in [5.41, 5.74) is 12.3. The van der Waals surface area contributed by atoms with Crippen molar-refractivity contribution in [1.82, 2.24) is 0 Å². The summed E-state index contributed by atoms with van der Waals surface area (Å²) in [6.45, 7) is 1.55. The number of hydrogen-bond acceptors (Lipinski definition) is 5. The van der Waals surface area contributed by atoms with Crippen molar-refractivity contribution in [2.24, 2.45) is 11.7 Å². The summed E-state index contributed by atoms with van der Waals surface area (Å²) in [6, 6.07) is 4.99. The minimum absolute atomic E-state index is 0.0458. The van der Waals surface area contributed by atoms with Gasteiger partial charge in [-0.1, -0.05) is 6.92 Å². The quantitative estimate of drug-likeness (QED) is 0.600. The van der Waals surface area contributed by atoms with Gasteiger partial charge in [0.2, 0.25) is 5.91 Å². The van der Waals surface area contributed by atoms with Gasteiger partial charge in [0.05, 0.1) is 17.2 Å². The van der Waals surface area contributed by atoms with Crippen molar-refractivity contribution in [1.29, 1.82) is 0 Å². The first-order valence-corrected chi connectivity index (χ1v) is 5.86. The standard InChI is InChI=1S/C13H19N3O3/c1-8(12(15)17)7-19-13(18)10-6-9(14)4-5-11(10)16(2)3/h4-6,8H,7,14H2,1-3H3,(H2,15,17). The van der Waals surface area contributed by atoms with Crippen molar-refractivity contribution in [3.63, 3.8) is 0 Å². The second-order valence-corrected chi connectivity index (χ2v) is 4.57. The van der Waals surface area contributed by atoms with Crippen LogP contribution in [0.3, 0.4) is 0 Å². The van der Waals surface area contributed by atoms with Crippen LogP contribution in [0.5, 0.6) is 0 Å². The normalized spacial score (nSPS) is 11.7. The second kappa shape index (κ2) is 6.08. The smallest absolute Gasteiger partial charge is 0.340 e. The maximum Gasteiger partial charge on any atom is 0.340 e. The van der Waals surface area contributed by atoms with Crippen LogP contribution in [0.1, 0.15) is 17.3 Å². The molecule has 1 atom stereocenters. The molecule has 0 aliphatic heterocycles. The van der Waals surface area contributed by atoms with Crippen molar-refractivity contribution in [3.05, 3.63) is 23.8 Å². The molecule has 0 radical (unpaired) electrons. The molecule has 0 bridgehead atoms. The molecule has 19 heavy (non-hydrogen) atoms. The van der Waals surface area contributed by atoms with Gasteiger partial charge in [0.15, 0.2) is 0 Å². The van der Waals surface area contributed by atoms with Crippen molar-refractivity contribution >= 4 is 23.3 Å². The summed E-state index contributed by atoms with van der Waals surface area (Å²) in [5, 5.41) is 0. The van der Waals surface area contributed by atoms with E-state index >= 15 is 0 Å². The maximum absolute atomic E-state index is 12.0. The van der Waals surface area contributed by atoms with Crippen LogP contribution in [0.4, 0.5) is 11.4 Å². The zero-order valence-corrected chi connectivity index (χ0v) is 11.3. The number of rotatable bonds is 5. The van der Waals surface area contributed by atoms with Gasteiger partial charge in [-0.15, -0.1) is 0 Å². The molecule has 1 rings (SSSR count). The third kappa shape index (κ3) is 3.87. The Balaban J connectivity index is 2.87. The average Bonchev–Trinajstić information content (AvgIpc) is 2.34. The van der Waals surface area contributed by atoms with Gasteiger partial charge >= 0.3 is 5.97 Å². The van der Waals surface area contributed by atoms with E-state index in [1.807, 2.05) is 14.1 Å². The van der Waals surface area contributed by atoms with E-state index in [-0.39, 0.29) is 6.61 Å². The summed E-state index contributed by atoms with van der Waals surface area (Å²) in [5.74, 6) is -1.55. The van der Waals surface area contributed by atoms with Crippen molar-refractivity contribution in [2.75, 3.05) is 31.3 Å². The zero-order chi connectivity index (χ0) is 14.6. The third-order valence-corrected chi connectivity index (χ3v) is 2.67. The molecule has 0 fully saturated rings. The molecular formula is C13H19N3O3. The van der Waals surface area contributed by atoms with Gasteiger partial charge in [-0.25, -0.2) is 4.79 Å². The number of carbonyl (C=O) groups is 2. The molecule has 1 aromatic rings. The Morgan fingerprint density at radius 1 is 1.37 bits per heavy atom. The zero-order valence-electron chi connectivity index (χ0n) is 11.3. The van der Waals surface area contributed by atoms with Gasteiger partial charge in [-0.3, -0.25) is 4.79 Å². The Hall–Kier alpha value is -2.24. The van der Waals surface area contributed by atoms with Crippen LogP contribution in [0, 0.1) is 5.92 Å². The molecule has 1 aromatic carbocycles. The molecule has 0 aliphatic carbocycles. The van der Waals surface area contributed by atoms with Gasteiger partial charge in [0.1, 0.15) is 6.61 Å². The van der Waals surface area contributed by atoms with Crippen LogP contribution in [0.15, 0.2) is 18.2 Å². The topological polar surface area (TPSA) is 98.7 Å². The molecule has 6 nitrogen and oxygen atoms in total. The lowest BCUT2D eigenvalue weighted by Crippen LogP contribution is -2.26. The Bertz CT molecular complexity index is 486. The highest BCUT2D eigenvalue weighted by Crippen LogP contribution is 2.22. The summed E-state index contributed by atoms with van der Waals surface area (Å²) in [4.78, 5) is 24.7. The van der Waals surface area contributed by atoms with Gasteiger partial charge in [-0.05, 0) is 18.2 Å². The van der Waals surface area contributed by atoms with E-state index in [4.69, 9.17) is 16.2 Å². The van der Waals surface area contributed by atoms with Gasteiger partial charge < -0.3 is 21.1 Å². The Labute approximate surface area is 112 Å². The van der Waals surface area contributed by atoms with Gasteiger partial charge in [0, 0.05) is 19.8 Å². The van der Waals surface area contributed by atoms with Crippen LogP contribution in [0.2, 0.25) is 0 Å². The fraction of sp³-hybridized carbons (Fsp3) is 0.385. The number of anilines is 2. The fourth-order valence-electron chi connectivity index (χ4n) is 1.47. The second-order valence-electron chi connectivity index (χ2n) is 4.57. The van der Waals surface area contributed by atoms with E-state index in [9.17, 15) is 9.59 Å². The Morgan fingerprint density at radius 2 is 2.00 bits per heavy atom. The van der Waals surface area contributed by atoms with E-state index in [0.717, 1.165) is 0 Å². The Morgan fingerprint density at radius 3 is 2.53 bits per heavy atom. The minimum atomic E-state index is -0.524. The molecule has 1 unspecified atom stereocenters. The molecule has 6 heteroatoms. The Kier molecular flexibility index (Phi) is 4.74. The first-order valence-electron chi connectivity index (χ1n) is 5.86. The number of ether oxygens (including phenoxy) is 1. The number of nitrogens with two attached hydrogens (primary N) is 2. The summed E-state index contributed by atoms with van der Waals surface area (Å²) >= 11 is 0. The lowest BCUT2D eigenvalue weighted by atomic mass is 10.1. The number of amides is 1. The largest absolute Gasteiger partial charge is 0.461 e. The molecule has 0 heterocycles. The lowest BCUT2D eigenvalue weighted by molar-refractivity contribution is -0.122. The number of primary amides is 1. The van der Waals surface area contributed by atoms with Crippen LogP contribution in [-0.2, 0) is 9.53 Å². The highest BCUT2D eigenvalue weighted by molar-refractivity contribution is 5.97. The number of benzene rings is 1. The molecule has 0 aliphatic rings. The summed E-state index contributed by atoms with van der Waals surface area (Å²) < 4.78 is 5.08. The van der Waals surface area contributed by atoms with E-state index < -0.39 is 17.8 Å². The van der Waals surface area contributed by atoms with Crippen LogP contribution in [-0.4, -0.2) is 32.6 Å². The number of nitrogens with zero attached hydrogens (tertiary/aromatic N) is 1. The van der Waals surface area contributed by atoms with E-state index in [1.165, 1.54) is 0 Å². The van der Waals surface area contributed by atoms with E-state index in [2.05, 4.69) is 0 Å². The predicted molar refractivity (Wildman–Crippen MR) is 73.8 cm³/mol. The highest BCUT2D eigenvalue weighted by Gasteiger charge is 2.17. The molecular weight excluding hydrogens is 246 g/mol. The summed E-state index contributed by atoms with van der Waals surface area (Å²) in [7, 11) is 3.63. The molecule has 0 saturated heterocycles. The van der Waals surface area contributed by atoms with Gasteiger partial charge in [-0.2, -0.15) is 0 Å². The van der Waals surface area contributed by atoms with Crippen LogP contribution >= 0.6 is 0 Å². The average molecular weight is 265 g/mol. The minimum Gasteiger partial charge on any atom is -0.461 e. The monoisotopic (exact) mass is 265 g/mol. The third-order valence-electron chi connectivity index (χ3n) is 2.67. The number of hydrogen-bond donors (Lipinski definition) is 2. The molecule has 0 spiro atoms. The van der Waals surface area contributed by atoms with E-state index in [1.54, 1.807) is 30.0 Å². The fourth-order valence-corrected chi connectivity index (χ4v) is 1.47. The number of carbonyl (C=O) groups excluding carboxylic acids is 2. The maximum atomic E-state index is 12.0. The predicted octanol–water partition coefficient (Wildman–Crippen LogP) is 0.613. The van der Waals surface area contributed by atoms with Crippen molar-refractivity contribution < 1.29 is 14.3 Å². The molecule has 4 N–H and O–H groups in total. The number of esters is 1. The first-order chi connectivity index (χ1) is 8.82. The van der Waals surface area contributed by atoms with Crippen LogP contribution < -0.4 is 16.4 Å². The highest BCUT2D eigenvalue weighted by atomic mass is 16.5. The van der Waals surface area contributed by atoms with Crippen LogP contribution in [0.25, 0.3) is 0 Å². The number of nitrogen functional groups attached to an aromatic ring is 1. The lowest BCUT2D eigenvalue weighted by Gasteiger charge is -2.17. The summed E-state index contributed by atoms with van der Waals surface area (Å²) in [6.07, 6.45) is 0. The van der Waals surface area contributed by atoms with Crippen molar-refractivity contribution in [2.45, 2.75) is 6.92 Å².